The Labute approximate surface area is 98.3 Å². The minimum atomic E-state index is -0.853. The molecule has 0 spiro atoms. The lowest BCUT2D eigenvalue weighted by Gasteiger charge is -2.11. The van der Waals surface area contributed by atoms with Crippen LogP contribution >= 0.6 is 0 Å². The van der Waals surface area contributed by atoms with Crippen LogP contribution in [0.2, 0.25) is 0 Å². The summed E-state index contributed by atoms with van der Waals surface area (Å²) in [5.74, 6) is -2.49. The monoisotopic (exact) mass is 244 g/mol. The van der Waals surface area contributed by atoms with Gasteiger partial charge in [-0.3, -0.25) is 4.79 Å². The highest BCUT2D eigenvalue weighted by molar-refractivity contribution is 5.97. The topological polar surface area (TPSA) is 35.5 Å². The van der Waals surface area contributed by atoms with Gasteiger partial charge in [0.2, 0.25) is 0 Å². The molecule has 0 heterocycles. The molecule has 0 amide bonds. The average molecular weight is 244 g/mol. The lowest BCUT2D eigenvalue weighted by molar-refractivity contribution is -0.0386. The summed E-state index contributed by atoms with van der Waals surface area (Å²) in [5, 5.41) is 0. The van der Waals surface area contributed by atoms with Crippen LogP contribution in [0.3, 0.4) is 0 Å². The van der Waals surface area contributed by atoms with Crippen LogP contribution in [0.1, 0.15) is 17.3 Å². The van der Waals surface area contributed by atoms with Crippen LogP contribution in [0, 0.1) is 17.6 Å². The fourth-order valence-electron chi connectivity index (χ4n) is 1.34. The number of carbonyl (C=O) groups excluding carboxylic acids is 1. The third-order valence-electron chi connectivity index (χ3n) is 2.21. The normalized spacial score (nSPS) is 12.5. The average Bonchev–Trinajstić information content (AvgIpc) is 2.28. The molecule has 17 heavy (non-hydrogen) atoms. The minimum Gasteiger partial charge on any atom is -0.359 e. The first-order chi connectivity index (χ1) is 8.06. The molecule has 1 aromatic carbocycles. The summed E-state index contributed by atoms with van der Waals surface area (Å²) < 4.78 is 35.7. The Morgan fingerprint density at radius 3 is 2.71 bits per heavy atom. The first-order valence-corrected chi connectivity index (χ1v) is 5.12. The van der Waals surface area contributed by atoms with Crippen LogP contribution in [0.15, 0.2) is 18.2 Å². The van der Waals surface area contributed by atoms with Crippen molar-refractivity contribution in [2.75, 3.05) is 20.5 Å². The third-order valence-corrected chi connectivity index (χ3v) is 2.21. The summed E-state index contributed by atoms with van der Waals surface area (Å²) in [6, 6.07) is 2.88. The van der Waals surface area contributed by atoms with Gasteiger partial charge in [-0.15, -0.1) is 0 Å². The van der Waals surface area contributed by atoms with E-state index >= 15 is 0 Å². The molecule has 0 bridgehead atoms. The number of Topliss-reactive ketones (excluding diaryl/α,β-unsaturated/α-hetero) is 1. The zero-order valence-corrected chi connectivity index (χ0v) is 9.70. The van der Waals surface area contributed by atoms with Gasteiger partial charge in [-0.25, -0.2) is 8.78 Å². The Kier molecular flexibility index (Phi) is 5.18. The molecule has 3 nitrogen and oxygen atoms in total. The number of ether oxygens (including phenoxy) is 2. The molecule has 94 valence electrons. The Hall–Kier alpha value is -1.33. The maximum absolute atomic E-state index is 13.3. The molecule has 1 aromatic rings. The summed E-state index contributed by atoms with van der Waals surface area (Å²) in [6.45, 7) is 1.81. The van der Waals surface area contributed by atoms with Gasteiger partial charge in [0.1, 0.15) is 18.4 Å². The second-order valence-corrected chi connectivity index (χ2v) is 3.67. The summed E-state index contributed by atoms with van der Waals surface area (Å²) in [4.78, 5) is 11.8. The Morgan fingerprint density at radius 1 is 1.41 bits per heavy atom. The number of ketones is 1. The van der Waals surface area contributed by atoms with Gasteiger partial charge in [0.05, 0.1) is 12.2 Å². The van der Waals surface area contributed by atoms with E-state index in [-0.39, 0.29) is 19.0 Å². The first kappa shape index (κ1) is 13.7. The molecule has 0 radical (unpaired) electrons. The SMILES string of the molecule is COCOC[C@H](C)C(=O)c1ccc(F)cc1F. The highest BCUT2D eigenvalue weighted by Gasteiger charge is 2.19. The largest absolute Gasteiger partial charge is 0.359 e. The molecule has 0 fully saturated rings. The number of hydrogen-bond acceptors (Lipinski definition) is 3. The molecule has 5 heteroatoms. The molecule has 1 rings (SSSR count). The molecule has 0 aliphatic rings. The molecule has 0 unspecified atom stereocenters. The van der Waals surface area contributed by atoms with E-state index in [0.29, 0.717) is 6.07 Å². The summed E-state index contributed by atoms with van der Waals surface area (Å²) >= 11 is 0. The van der Waals surface area contributed by atoms with E-state index in [9.17, 15) is 13.6 Å². The van der Waals surface area contributed by atoms with E-state index in [1.54, 1.807) is 6.92 Å². The number of methoxy groups -OCH3 is 1. The van der Waals surface area contributed by atoms with E-state index in [1.807, 2.05) is 0 Å². The lowest BCUT2D eigenvalue weighted by atomic mass is 10.00. The first-order valence-electron chi connectivity index (χ1n) is 5.12. The van der Waals surface area contributed by atoms with Gasteiger partial charge in [0.15, 0.2) is 5.78 Å². The molecule has 0 saturated carbocycles. The van der Waals surface area contributed by atoms with E-state index < -0.39 is 23.3 Å². The second-order valence-electron chi connectivity index (χ2n) is 3.67. The van der Waals surface area contributed by atoms with Crippen LogP contribution in [0.4, 0.5) is 8.78 Å². The van der Waals surface area contributed by atoms with Gasteiger partial charge in [0.25, 0.3) is 0 Å². The van der Waals surface area contributed by atoms with Gasteiger partial charge in [-0.05, 0) is 12.1 Å². The Balaban J connectivity index is 2.68. The van der Waals surface area contributed by atoms with Crippen LogP contribution < -0.4 is 0 Å². The van der Waals surface area contributed by atoms with E-state index in [1.165, 1.54) is 7.11 Å². The van der Waals surface area contributed by atoms with Crippen molar-refractivity contribution < 1.29 is 23.0 Å². The maximum Gasteiger partial charge on any atom is 0.170 e. The number of carbonyl (C=O) groups is 1. The van der Waals surface area contributed by atoms with Crippen molar-refractivity contribution in [3.63, 3.8) is 0 Å². The van der Waals surface area contributed by atoms with Gasteiger partial charge < -0.3 is 9.47 Å². The fourth-order valence-corrected chi connectivity index (χ4v) is 1.34. The summed E-state index contributed by atoms with van der Waals surface area (Å²) in [5.41, 5.74) is -0.125. The third kappa shape index (κ3) is 3.87. The van der Waals surface area contributed by atoms with Crippen LogP contribution in [0.5, 0.6) is 0 Å². The molecular formula is C12H14F2O3. The maximum atomic E-state index is 13.3. The second kappa shape index (κ2) is 6.42. The van der Waals surface area contributed by atoms with Crippen molar-refractivity contribution in [2.45, 2.75) is 6.92 Å². The lowest BCUT2D eigenvalue weighted by Crippen LogP contribution is -2.19. The standard InChI is InChI=1S/C12H14F2O3/c1-8(6-17-7-16-2)12(15)10-4-3-9(13)5-11(10)14/h3-5,8H,6-7H2,1-2H3/t8-/m0/s1. The number of rotatable bonds is 6. The van der Waals surface area contributed by atoms with E-state index in [4.69, 9.17) is 4.74 Å². The summed E-state index contributed by atoms with van der Waals surface area (Å²) in [6.07, 6.45) is 0. The van der Waals surface area contributed by atoms with Crippen LogP contribution in [-0.4, -0.2) is 26.3 Å². The summed E-state index contributed by atoms with van der Waals surface area (Å²) in [7, 11) is 1.46. The quantitative estimate of drug-likeness (QED) is 0.438. The zero-order valence-electron chi connectivity index (χ0n) is 9.70. The van der Waals surface area contributed by atoms with Crippen molar-refractivity contribution >= 4 is 5.78 Å². The van der Waals surface area contributed by atoms with Crippen LogP contribution in [-0.2, 0) is 9.47 Å². The van der Waals surface area contributed by atoms with Crippen molar-refractivity contribution in [1.82, 2.24) is 0 Å². The molecule has 1 atom stereocenters. The van der Waals surface area contributed by atoms with Crippen molar-refractivity contribution in [2.24, 2.45) is 5.92 Å². The highest BCUT2D eigenvalue weighted by Crippen LogP contribution is 2.14. The van der Waals surface area contributed by atoms with E-state index in [2.05, 4.69) is 4.74 Å². The molecular weight excluding hydrogens is 230 g/mol. The number of hydrogen-bond donors (Lipinski definition) is 0. The van der Waals surface area contributed by atoms with Crippen molar-refractivity contribution in [3.8, 4) is 0 Å². The predicted octanol–water partition coefficient (Wildman–Crippen LogP) is 2.40. The van der Waals surface area contributed by atoms with Gasteiger partial charge in [0, 0.05) is 19.1 Å². The molecule has 0 N–H and O–H groups in total. The molecule has 0 aromatic heterocycles. The van der Waals surface area contributed by atoms with Gasteiger partial charge >= 0.3 is 0 Å². The molecule has 0 aliphatic heterocycles. The Morgan fingerprint density at radius 2 is 2.12 bits per heavy atom. The van der Waals surface area contributed by atoms with Crippen LogP contribution in [0.25, 0.3) is 0 Å². The smallest absolute Gasteiger partial charge is 0.170 e. The highest BCUT2D eigenvalue weighted by atomic mass is 19.1. The number of halogens is 2. The molecule has 0 aliphatic carbocycles. The van der Waals surface area contributed by atoms with Crippen molar-refractivity contribution in [1.29, 1.82) is 0 Å². The zero-order chi connectivity index (χ0) is 12.8. The molecule has 0 saturated heterocycles. The van der Waals surface area contributed by atoms with E-state index in [0.717, 1.165) is 12.1 Å². The Bertz CT molecular complexity index is 393. The van der Waals surface area contributed by atoms with Gasteiger partial charge in [-0.2, -0.15) is 0 Å². The number of benzene rings is 1. The minimum absolute atomic E-state index is 0.0729. The fraction of sp³-hybridized carbons (Fsp3) is 0.417. The van der Waals surface area contributed by atoms with Gasteiger partial charge in [-0.1, -0.05) is 6.92 Å². The predicted molar refractivity (Wildman–Crippen MR) is 57.7 cm³/mol. The van der Waals surface area contributed by atoms with Crippen molar-refractivity contribution in [3.05, 3.63) is 35.4 Å².